The summed E-state index contributed by atoms with van der Waals surface area (Å²) in [7, 11) is 0. The van der Waals surface area contributed by atoms with E-state index in [-0.39, 0.29) is 30.7 Å². The maximum atomic E-state index is 12.8. The van der Waals surface area contributed by atoms with Gasteiger partial charge in [0.15, 0.2) is 6.61 Å². The number of amides is 1. The van der Waals surface area contributed by atoms with Crippen LogP contribution in [0.5, 0.6) is 0 Å². The first-order valence-electron chi connectivity index (χ1n) is 12.0. The molecule has 1 aromatic carbocycles. The SMILES string of the molecule is Cc1cc(C)c2c(c1)CC(=N\OCC(=O)N1CC(C)OC(C)C1)/C=C/CC/C=C/CCOC2=O. The summed E-state index contributed by atoms with van der Waals surface area (Å²) in [5, 5.41) is 4.29. The lowest BCUT2D eigenvalue weighted by Crippen LogP contribution is -2.49. The zero-order chi connectivity index (χ0) is 24.5. The molecule has 2 aliphatic rings. The van der Waals surface area contributed by atoms with Gasteiger partial charge >= 0.3 is 5.97 Å². The third kappa shape index (κ3) is 7.55. The summed E-state index contributed by atoms with van der Waals surface area (Å²) >= 11 is 0. The number of ether oxygens (including phenoxy) is 2. The average Bonchev–Trinajstić information content (AvgIpc) is 2.76. The topological polar surface area (TPSA) is 77.4 Å². The third-order valence-corrected chi connectivity index (χ3v) is 5.77. The highest BCUT2D eigenvalue weighted by Gasteiger charge is 2.26. The number of morpholine rings is 1. The van der Waals surface area contributed by atoms with Gasteiger partial charge < -0.3 is 19.2 Å². The van der Waals surface area contributed by atoms with Crippen molar-refractivity contribution < 1.29 is 23.9 Å². The Kier molecular flexibility index (Phi) is 9.45. The number of benzene rings is 1. The molecular formula is C27H36N2O5. The summed E-state index contributed by atoms with van der Waals surface area (Å²) in [6.45, 7) is 9.14. The predicted molar refractivity (Wildman–Crippen MR) is 132 cm³/mol. The predicted octanol–water partition coefficient (Wildman–Crippen LogP) is 4.31. The number of allylic oxidation sites excluding steroid dienone is 3. The van der Waals surface area contributed by atoms with E-state index < -0.39 is 0 Å². The van der Waals surface area contributed by atoms with Crippen molar-refractivity contribution in [1.29, 1.82) is 0 Å². The van der Waals surface area contributed by atoms with Crippen LogP contribution in [-0.4, -0.2) is 61.0 Å². The van der Waals surface area contributed by atoms with Gasteiger partial charge in [0.25, 0.3) is 5.91 Å². The molecule has 34 heavy (non-hydrogen) atoms. The quantitative estimate of drug-likeness (QED) is 0.375. The van der Waals surface area contributed by atoms with E-state index in [9.17, 15) is 9.59 Å². The summed E-state index contributed by atoms with van der Waals surface area (Å²) in [5.41, 5.74) is 3.99. The Labute approximate surface area is 202 Å². The third-order valence-electron chi connectivity index (χ3n) is 5.77. The standard InChI is InChI=1S/C27H36N2O5/c1-19-13-20(2)26-23(14-19)15-24(11-9-7-5-6-8-10-12-32-27(26)31)28-33-18-25(30)29-16-21(3)34-22(4)17-29/h6,8-9,11,13-14,21-22H,5,7,10,12,15-18H2,1-4H3/b8-6+,11-9+,28-24-. The van der Waals surface area contributed by atoms with E-state index in [1.807, 2.05) is 58.1 Å². The molecule has 0 bridgehead atoms. The number of hydrogen-bond donors (Lipinski definition) is 0. The summed E-state index contributed by atoms with van der Waals surface area (Å²) in [5.74, 6) is -0.440. The van der Waals surface area contributed by atoms with Crippen LogP contribution in [0.15, 0.2) is 41.6 Å². The number of hydrogen-bond acceptors (Lipinski definition) is 6. The first kappa shape index (κ1) is 25.7. The lowest BCUT2D eigenvalue weighted by Gasteiger charge is -2.35. The fourth-order valence-corrected chi connectivity index (χ4v) is 4.39. The maximum Gasteiger partial charge on any atom is 0.338 e. The Balaban J connectivity index is 1.79. The summed E-state index contributed by atoms with van der Waals surface area (Å²) in [6, 6.07) is 3.97. The minimum absolute atomic E-state index is 0.00155. The second-order valence-corrected chi connectivity index (χ2v) is 9.08. The molecule has 184 valence electrons. The minimum atomic E-state index is -0.326. The molecule has 0 saturated carbocycles. The molecule has 2 aliphatic heterocycles. The van der Waals surface area contributed by atoms with E-state index >= 15 is 0 Å². The molecule has 1 aromatic rings. The number of fused-ring (bicyclic) bond motifs is 1. The van der Waals surface area contributed by atoms with Crippen LogP contribution in [0.4, 0.5) is 0 Å². The van der Waals surface area contributed by atoms with Crippen molar-refractivity contribution in [1.82, 2.24) is 4.90 Å². The van der Waals surface area contributed by atoms with Crippen LogP contribution in [-0.2, 0) is 25.5 Å². The highest BCUT2D eigenvalue weighted by Crippen LogP contribution is 2.20. The highest BCUT2D eigenvalue weighted by molar-refractivity contribution is 6.00. The van der Waals surface area contributed by atoms with Crippen LogP contribution in [0.2, 0.25) is 0 Å². The molecule has 2 heterocycles. The van der Waals surface area contributed by atoms with Gasteiger partial charge in [0.05, 0.1) is 30.1 Å². The molecule has 7 nitrogen and oxygen atoms in total. The monoisotopic (exact) mass is 468 g/mol. The van der Waals surface area contributed by atoms with Crippen molar-refractivity contribution in [3.05, 3.63) is 58.7 Å². The number of carbonyl (C=O) groups is 2. The molecule has 7 heteroatoms. The number of carbonyl (C=O) groups excluding carboxylic acids is 2. The molecule has 1 fully saturated rings. The van der Waals surface area contributed by atoms with Crippen LogP contribution in [0, 0.1) is 13.8 Å². The molecule has 1 amide bonds. The Bertz CT molecular complexity index is 956. The molecule has 3 rings (SSSR count). The summed E-state index contributed by atoms with van der Waals surface area (Å²) in [4.78, 5) is 32.7. The molecule has 0 radical (unpaired) electrons. The lowest BCUT2D eigenvalue weighted by atomic mass is 9.95. The number of esters is 1. The smallest absolute Gasteiger partial charge is 0.338 e. The highest BCUT2D eigenvalue weighted by atomic mass is 16.6. The Morgan fingerprint density at radius 1 is 1.09 bits per heavy atom. The van der Waals surface area contributed by atoms with Gasteiger partial charge in [-0.15, -0.1) is 0 Å². The molecule has 2 atom stereocenters. The maximum absolute atomic E-state index is 12.8. The van der Waals surface area contributed by atoms with E-state index in [1.54, 1.807) is 4.90 Å². The van der Waals surface area contributed by atoms with Crippen molar-refractivity contribution in [3.8, 4) is 0 Å². The van der Waals surface area contributed by atoms with E-state index in [4.69, 9.17) is 14.3 Å². The van der Waals surface area contributed by atoms with Crippen LogP contribution in [0.3, 0.4) is 0 Å². The second kappa shape index (κ2) is 12.5. The molecule has 0 aromatic heterocycles. The molecule has 0 N–H and O–H groups in total. The zero-order valence-electron chi connectivity index (χ0n) is 20.7. The van der Waals surface area contributed by atoms with E-state index in [2.05, 4.69) is 11.2 Å². The van der Waals surface area contributed by atoms with Gasteiger partial charge in [-0.05, 0) is 64.2 Å². The lowest BCUT2D eigenvalue weighted by molar-refractivity contribution is -0.147. The van der Waals surface area contributed by atoms with Gasteiger partial charge in [0.1, 0.15) is 0 Å². The van der Waals surface area contributed by atoms with Gasteiger partial charge in [-0.1, -0.05) is 41.1 Å². The normalized spacial score (nSPS) is 25.1. The fourth-order valence-electron chi connectivity index (χ4n) is 4.39. The Hall–Kier alpha value is -2.93. The van der Waals surface area contributed by atoms with Gasteiger partial charge in [-0.25, -0.2) is 4.79 Å². The van der Waals surface area contributed by atoms with Crippen molar-refractivity contribution >= 4 is 17.6 Å². The average molecular weight is 469 g/mol. The van der Waals surface area contributed by atoms with Crippen molar-refractivity contribution in [2.75, 3.05) is 26.3 Å². The largest absolute Gasteiger partial charge is 0.462 e. The van der Waals surface area contributed by atoms with Crippen molar-refractivity contribution in [2.24, 2.45) is 5.16 Å². The Morgan fingerprint density at radius 2 is 1.79 bits per heavy atom. The van der Waals surface area contributed by atoms with Crippen LogP contribution < -0.4 is 0 Å². The summed E-state index contributed by atoms with van der Waals surface area (Å²) in [6.07, 6.45) is 10.9. The van der Waals surface area contributed by atoms with E-state index in [0.29, 0.717) is 43.8 Å². The molecule has 0 aliphatic carbocycles. The van der Waals surface area contributed by atoms with Gasteiger partial charge in [0.2, 0.25) is 0 Å². The van der Waals surface area contributed by atoms with Crippen molar-refractivity contribution in [2.45, 2.75) is 65.6 Å². The van der Waals surface area contributed by atoms with Gasteiger partial charge in [-0.2, -0.15) is 0 Å². The molecule has 1 saturated heterocycles. The number of aryl methyl sites for hydroxylation is 2. The number of rotatable bonds is 3. The number of oxime groups is 1. The van der Waals surface area contributed by atoms with Gasteiger partial charge in [-0.3, -0.25) is 4.79 Å². The van der Waals surface area contributed by atoms with Crippen LogP contribution in [0.25, 0.3) is 0 Å². The van der Waals surface area contributed by atoms with Gasteiger partial charge in [0, 0.05) is 19.5 Å². The fraction of sp³-hybridized carbons (Fsp3) is 0.519. The summed E-state index contributed by atoms with van der Waals surface area (Å²) < 4.78 is 11.2. The first-order valence-corrected chi connectivity index (χ1v) is 12.0. The van der Waals surface area contributed by atoms with Crippen molar-refractivity contribution in [3.63, 3.8) is 0 Å². The second-order valence-electron chi connectivity index (χ2n) is 9.08. The number of nitrogens with zero attached hydrogens (tertiary/aromatic N) is 2. The number of cyclic esters (lactones) is 1. The molecule has 2 unspecified atom stereocenters. The van der Waals surface area contributed by atoms with Crippen LogP contribution >= 0.6 is 0 Å². The molecular weight excluding hydrogens is 432 g/mol. The van der Waals surface area contributed by atoms with E-state index in [0.717, 1.165) is 29.5 Å². The van der Waals surface area contributed by atoms with Crippen LogP contribution in [0.1, 0.15) is 60.2 Å². The van der Waals surface area contributed by atoms with E-state index in [1.165, 1.54) is 0 Å². The minimum Gasteiger partial charge on any atom is -0.462 e. The first-order chi connectivity index (χ1) is 16.3. The zero-order valence-corrected chi connectivity index (χ0v) is 20.7. The Morgan fingerprint density at radius 3 is 2.56 bits per heavy atom. The molecule has 0 spiro atoms.